The van der Waals surface area contributed by atoms with Gasteiger partial charge in [-0.1, -0.05) is 18.2 Å². The van der Waals surface area contributed by atoms with E-state index in [0.717, 1.165) is 24.2 Å². The van der Waals surface area contributed by atoms with Crippen molar-refractivity contribution >= 4 is 17.5 Å². The second kappa shape index (κ2) is 8.81. The van der Waals surface area contributed by atoms with Crippen molar-refractivity contribution < 1.29 is 9.53 Å². The molecule has 0 heterocycles. The van der Waals surface area contributed by atoms with E-state index in [-0.39, 0.29) is 5.91 Å². The summed E-state index contributed by atoms with van der Waals surface area (Å²) in [4.78, 5) is 13.5. The lowest BCUT2D eigenvalue weighted by Crippen LogP contribution is -2.30. The molecule has 0 aliphatic rings. The number of aryl methyl sites for hydroxylation is 1. The fourth-order valence-corrected chi connectivity index (χ4v) is 1.89. The van der Waals surface area contributed by atoms with E-state index in [4.69, 9.17) is 16.3 Å². The van der Waals surface area contributed by atoms with Gasteiger partial charge in [-0.15, -0.1) is 11.6 Å². The zero-order chi connectivity index (χ0) is 14.1. The highest BCUT2D eigenvalue weighted by Crippen LogP contribution is 2.15. The normalized spacial score (nSPS) is 10.3. The first kappa shape index (κ1) is 15.8. The van der Waals surface area contributed by atoms with Gasteiger partial charge in [0.05, 0.1) is 6.54 Å². The van der Waals surface area contributed by atoms with Crippen LogP contribution in [-0.4, -0.2) is 36.9 Å². The van der Waals surface area contributed by atoms with Gasteiger partial charge in [-0.25, -0.2) is 0 Å². The molecule has 0 aliphatic carbocycles. The summed E-state index contributed by atoms with van der Waals surface area (Å²) in [6.07, 6.45) is 2.31. The van der Waals surface area contributed by atoms with Crippen molar-refractivity contribution in [3.63, 3.8) is 0 Å². The monoisotopic (exact) mass is 283 g/mol. The van der Waals surface area contributed by atoms with Crippen LogP contribution >= 0.6 is 11.6 Å². The van der Waals surface area contributed by atoms with Crippen molar-refractivity contribution in [1.82, 2.24) is 4.90 Å². The molecule has 0 bridgehead atoms. The third-order valence-electron chi connectivity index (χ3n) is 2.98. The van der Waals surface area contributed by atoms with E-state index in [1.54, 1.807) is 4.90 Å². The molecule has 1 amide bonds. The predicted molar refractivity (Wildman–Crippen MR) is 78.9 cm³/mol. The SMILES string of the molecule is Cc1ccccc1OCCN(C)C(=O)CCCCCl. The first-order chi connectivity index (χ1) is 9.15. The number of ether oxygens (including phenoxy) is 1. The first-order valence-corrected chi connectivity index (χ1v) is 7.17. The number of likely N-dealkylation sites (N-methyl/N-ethyl adjacent to an activating group) is 1. The Morgan fingerprint density at radius 3 is 2.74 bits per heavy atom. The third kappa shape index (κ3) is 5.97. The van der Waals surface area contributed by atoms with Crippen LogP contribution in [0.1, 0.15) is 24.8 Å². The largest absolute Gasteiger partial charge is 0.491 e. The standard InChI is InChI=1S/C15H22ClNO2/c1-13-7-3-4-8-14(13)19-12-11-17(2)15(18)9-5-6-10-16/h3-4,7-8H,5-6,9-12H2,1-2H3. The van der Waals surface area contributed by atoms with Gasteiger partial charge in [0.15, 0.2) is 0 Å². The van der Waals surface area contributed by atoms with Crippen molar-refractivity contribution in [2.24, 2.45) is 0 Å². The van der Waals surface area contributed by atoms with E-state index in [2.05, 4.69) is 0 Å². The molecule has 0 aromatic heterocycles. The fourth-order valence-electron chi connectivity index (χ4n) is 1.70. The van der Waals surface area contributed by atoms with Gasteiger partial charge >= 0.3 is 0 Å². The molecule has 3 nitrogen and oxygen atoms in total. The number of alkyl halides is 1. The Morgan fingerprint density at radius 1 is 1.32 bits per heavy atom. The van der Waals surface area contributed by atoms with Crippen LogP contribution in [0.4, 0.5) is 0 Å². The van der Waals surface area contributed by atoms with Gasteiger partial charge < -0.3 is 9.64 Å². The highest BCUT2D eigenvalue weighted by atomic mass is 35.5. The number of benzene rings is 1. The average Bonchev–Trinajstić information content (AvgIpc) is 2.41. The molecule has 0 atom stereocenters. The van der Waals surface area contributed by atoms with E-state index < -0.39 is 0 Å². The number of halogens is 1. The Labute approximate surface area is 120 Å². The lowest BCUT2D eigenvalue weighted by atomic mass is 10.2. The van der Waals surface area contributed by atoms with Crippen molar-refractivity contribution in [3.05, 3.63) is 29.8 Å². The van der Waals surface area contributed by atoms with Crippen molar-refractivity contribution in [2.45, 2.75) is 26.2 Å². The topological polar surface area (TPSA) is 29.5 Å². The highest BCUT2D eigenvalue weighted by molar-refractivity contribution is 6.17. The quantitative estimate of drug-likeness (QED) is 0.541. The molecule has 1 rings (SSSR count). The van der Waals surface area contributed by atoms with E-state index in [0.29, 0.717) is 25.5 Å². The first-order valence-electron chi connectivity index (χ1n) is 6.63. The molecule has 0 N–H and O–H groups in total. The van der Waals surface area contributed by atoms with Gasteiger partial charge in [-0.05, 0) is 31.4 Å². The van der Waals surface area contributed by atoms with Gasteiger partial charge in [-0.2, -0.15) is 0 Å². The number of rotatable bonds is 8. The number of carbonyl (C=O) groups is 1. The molecule has 0 unspecified atom stereocenters. The second-order valence-corrected chi connectivity index (χ2v) is 4.95. The molecular weight excluding hydrogens is 262 g/mol. The Kier molecular flexibility index (Phi) is 7.34. The van der Waals surface area contributed by atoms with Gasteiger partial charge in [0.1, 0.15) is 12.4 Å². The molecule has 0 radical (unpaired) electrons. The molecule has 0 saturated carbocycles. The average molecular weight is 284 g/mol. The molecule has 19 heavy (non-hydrogen) atoms. The van der Waals surface area contributed by atoms with Crippen LogP contribution in [0.3, 0.4) is 0 Å². The van der Waals surface area contributed by atoms with Crippen LogP contribution in [0, 0.1) is 6.92 Å². The summed E-state index contributed by atoms with van der Waals surface area (Å²) in [6.45, 7) is 3.13. The zero-order valence-electron chi connectivity index (χ0n) is 11.7. The number of hydrogen-bond acceptors (Lipinski definition) is 2. The second-order valence-electron chi connectivity index (χ2n) is 4.58. The van der Waals surface area contributed by atoms with Crippen LogP contribution in [-0.2, 0) is 4.79 Å². The molecule has 106 valence electrons. The van der Waals surface area contributed by atoms with Crippen molar-refractivity contribution in [3.8, 4) is 5.75 Å². The Morgan fingerprint density at radius 2 is 2.05 bits per heavy atom. The maximum Gasteiger partial charge on any atom is 0.222 e. The zero-order valence-corrected chi connectivity index (χ0v) is 12.4. The van der Waals surface area contributed by atoms with E-state index >= 15 is 0 Å². The summed E-state index contributed by atoms with van der Waals surface area (Å²) in [5, 5.41) is 0. The number of para-hydroxylation sites is 1. The molecule has 0 saturated heterocycles. The molecule has 0 spiro atoms. The summed E-state index contributed by atoms with van der Waals surface area (Å²) >= 11 is 5.59. The maximum absolute atomic E-state index is 11.8. The molecule has 4 heteroatoms. The highest BCUT2D eigenvalue weighted by Gasteiger charge is 2.08. The third-order valence-corrected chi connectivity index (χ3v) is 3.25. The van der Waals surface area contributed by atoms with Gasteiger partial charge in [0.25, 0.3) is 0 Å². The predicted octanol–water partition coefficient (Wildman–Crippen LogP) is 3.24. The summed E-state index contributed by atoms with van der Waals surface area (Å²) in [7, 11) is 1.81. The summed E-state index contributed by atoms with van der Waals surface area (Å²) in [5.41, 5.74) is 1.11. The van der Waals surface area contributed by atoms with Crippen molar-refractivity contribution in [1.29, 1.82) is 0 Å². The minimum atomic E-state index is 0.151. The maximum atomic E-state index is 11.8. The Balaban J connectivity index is 2.25. The Hall–Kier alpha value is -1.22. The molecule has 0 aliphatic heterocycles. The van der Waals surface area contributed by atoms with E-state index in [1.165, 1.54) is 0 Å². The molecule has 0 fully saturated rings. The number of unbranched alkanes of at least 4 members (excludes halogenated alkanes) is 1. The summed E-state index contributed by atoms with van der Waals surface area (Å²) in [5.74, 6) is 1.65. The van der Waals surface area contributed by atoms with Crippen LogP contribution in [0.5, 0.6) is 5.75 Å². The van der Waals surface area contributed by atoms with Crippen molar-refractivity contribution in [2.75, 3.05) is 26.1 Å². The minimum absolute atomic E-state index is 0.151. The lowest BCUT2D eigenvalue weighted by Gasteiger charge is -2.18. The Bertz CT molecular complexity index is 395. The van der Waals surface area contributed by atoms with Crippen LogP contribution in [0.15, 0.2) is 24.3 Å². The van der Waals surface area contributed by atoms with E-state index in [9.17, 15) is 4.79 Å². The smallest absolute Gasteiger partial charge is 0.222 e. The number of hydrogen-bond donors (Lipinski definition) is 0. The fraction of sp³-hybridized carbons (Fsp3) is 0.533. The summed E-state index contributed by atoms with van der Waals surface area (Å²) in [6, 6.07) is 7.88. The number of carbonyl (C=O) groups excluding carboxylic acids is 1. The van der Waals surface area contributed by atoms with Crippen LogP contribution < -0.4 is 4.74 Å². The number of amides is 1. The van der Waals surface area contributed by atoms with E-state index in [1.807, 2.05) is 38.2 Å². The van der Waals surface area contributed by atoms with Crippen LogP contribution in [0.25, 0.3) is 0 Å². The van der Waals surface area contributed by atoms with Gasteiger partial charge in [0, 0.05) is 19.3 Å². The van der Waals surface area contributed by atoms with Gasteiger partial charge in [-0.3, -0.25) is 4.79 Å². The molecule has 1 aromatic carbocycles. The summed E-state index contributed by atoms with van der Waals surface area (Å²) < 4.78 is 5.67. The molecular formula is C15H22ClNO2. The minimum Gasteiger partial charge on any atom is -0.491 e. The van der Waals surface area contributed by atoms with Crippen LogP contribution in [0.2, 0.25) is 0 Å². The number of nitrogens with zero attached hydrogens (tertiary/aromatic N) is 1. The molecule has 1 aromatic rings. The lowest BCUT2D eigenvalue weighted by molar-refractivity contribution is -0.130. The van der Waals surface area contributed by atoms with Gasteiger partial charge in [0.2, 0.25) is 5.91 Å².